The topological polar surface area (TPSA) is 62.5 Å². The van der Waals surface area contributed by atoms with E-state index in [-0.39, 0.29) is 17.4 Å². The number of aromatic nitrogens is 3. The number of imidazole rings is 1. The summed E-state index contributed by atoms with van der Waals surface area (Å²) >= 11 is 0. The summed E-state index contributed by atoms with van der Waals surface area (Å²) in [5.41, 5.74) is 1.93. The SMILES string of the molecule is Cc1c(C(C)Nc2nc3nccn3c3c2CN(C(=O)C2CC2)C3)cccc1C(F)(F)F. The summed E-state index contributed by atoms with van der Waals surface area (Å²) in [6.07, 6.45) is 0.926. The summed E-state index contributed by atoms with van der Waals surface area (Å²) in [6, 6.07) is 3.80. The number of anilines is 1. The van der Waals surface area contributed by atoms with Gasteiger partial charge in [0.25, 0.3) is 0 Å². The molecule has 3 heterocycles. The minimum absolute atomic E-state index is 0.114. The largest absolute Gasteiger partial charge is 0.416 e. The fraction of sp³-hybridized carbons (Fsp3) is 0.409. The van der Waals surface area contributed by atoms with Crippen LogP contribution in [0.25, 0.3) is 5.78 Å². The molecule has 3 aromatic rings. The second-order valence-corrected chi connectivity index (χ2v) is 8.34. The van der Waals surface area contributed by atoms with Gasteiger partial charge in [-0.3, -0.25) is 9.20 Å². The average molecular weight is 429 g/mol. The Labute approximate surface area is 177 Å². The first-order chi connectivity index (χ1) is 14.7. The van der Waals surface area contributed by atoms with Crippen molar-refractivity contribution in [1.82, 2.24) is 19.3 Å². The first-order valence-electron chi connectivity index (χ1n) is 10.3. The van der Waals surface area contributed by atoms with Crippen molar-refractivity contribution in [3.8, 4) is 0 Å². The lowest BCUT2D eigenvalue weighted by Gasteiger charge is -2.21. The van der Waals surface area contributed by atoms with Gasteiger partial charge in [0.1, 0.15) is 5.82 Å². The molecule has 0 bridgehead atoms. The Kier molecular flexibility index (Phi) is 4.46. The zero-order valence-corrected chi connectivity index (χ0v) is 17.2. The molecule has 5 rings (SSSR count). The number of nitrogens with one attached hydrogen (secondary N) is 1. The van der Waals surface area contributed by atoms with Crippen LogP contribution in [0.3, 0.4) is 0 Å². The molecule has 1 amide bonds. The monoisotopic (exact) mass is 429 g/mol. The third-order valence-corrected chi connectivity index (χ3v) is 6.19. The number of hydrogen-bond acceptors (Lipinski definition) is 4. The number of nitrogens with zero attached hydrogens (tertiary/aromatic N) is 4. The molecule has 9 heteroatoms. The van der Waals surface area contributed by atoms with E-state index in [9.17, 15) is 18.0 Å². The first-order valence-corrected chi connectivity index (χ1v) is 10.3. The van der Waals surface area contributed by atoms with E-state index in [4.69, 9.17) is 0 Å². The van der Waals surface area contributed by atoms with Crippen molar-refractivity contribution in [2.24, 2.45) is 5.92 Å². The molecule has 1 aliphatic heterocycles. The van der Waals surface area contributed by atoms with Gasteiger partial charge < -0.3 is 10.2 Å². The van der Waals surface area contributed by atoms with E-state index in [1.54, 1.807) is 12.3 Å². The van der Waals surface area contributed by atoms with Crippen LogP contribution in [0.15, 0.2) is 30.6 Å². The summed E-state index contributed by atoms with van der Waals surface area (Å²) in [5, 5.41) is 3.29. The number of fused-ring (bicyclic) bond motifs is 3. The lowest BCUT2D eigenvalue weighted by Crippen LogP contribution is -2.26. The molecule has 0 saturated heterocycles. The fourth-order valence-electron chi connectivity index (χ4n) is 4.38. The van der Waals surface area contributed by atoms with Crippen molar-refractivity contribution in [3.63, 3.8) is 0 Å². The van der Waals surface area contributed by atoms with Crippen LogP contribution in [0.5, 0.6) is 0 Å². The van der Waals surface area contributed by atoms with Crippen LogP contribution in [0.1, 0.15) is 53.8 Å². The summed E-state index contributed by atoms with van der Waals surface area (Å²) in [7, 11) is 0. The molecule has 1 unspecified atom stereocenters. The standard InChI is InChI=1S/C22H22F3N5O/c1-12-15(4-3-5-17(12)22(23,24)25)13(2)27-19-16-10-29(20(31)14-6-7-14)11-18(16)30-9-8-26-21(30)28-19/h3-5,8-9,13-14H,6-7,10-11H2,1-2H3,(H,26,27,28). The van der Waals surface area contributed by atoms with E-state index in [1.165, 1.54) is 13.0 Å². The highest BCUT2D eigenvalue weighted by Crippen LogP contribution is 2.38. The van der Waals surface area contributed by atoms with E-state index in [0.29, 0.717) is 30.2 Å². The second kappa shape index (κ2) is 6.96. The summed E-state index contributed by atoms with van der Waals surface area (Å²) in [5.74, 6) is 1.32. The van der Waals surface area contributed by atoms with Crippen LogP contribution in [0, 0.1) is 12.8 Å². The van der Waals surface area contributed by atoms with Gasteiger partial charge in [-0.1, -0.05) is 12.1 Å². The van der Waals surface area contributed by atoms with Crippen LogP contribution in [-0.2, 0) is 24.1 Å². The molecule has 31 heavy (non-hydrogen) atoms. The molecule has 1 aromatic carbocycles. The van der Waals surface area contributed by atoms with E-state index in [2.05, 4.69) is 15.3 Å². The van der Waals surface area contributed by atoms with Gasteiger partial charge >= 0.3 is 6.18 Å². The zero-order chi connectivity index (χ0) is 21.9. The molecule has 6 nitrogen and oxygen atoms in total. The fourth-order valence-corrected chi connectivity index (χ4v) is 4.38. The van der Waals surface area contributed by atoms with Crippen molar-refractivity contribution in [3.05, 3.63) is 58.5 Å². The molecular formula is C22H22F3N5O. The van der Waals surface area contributed by atoms with Crippen molar-refractivity contribution < 1.29 is 18.0 Å². The lowest BCUT2D eigenvalue weighted by atomic mass is 9.97. The van der Waals surface area contributed by atoms with Crippen LogP contribution >= 0.6 is 0 Å². The molecule has 1 N–H and O–H groups in total. The Morgan fingerprint density at radius 1 is 1.26 bits per heavy atom. The number of rotatable bonds is 4. The second-order valence-electron chi connectivity index (χ2n) is 8.34. The lowest BCUT2D eigenvalue weighted by molar-refractivity contribution is -0.138. The van der Waals surface area contributed by atoms with E-state index < -0.39 is 17.8 Å². The number of benzene rings is 1. The van der Waals surface area contributed by atoms with E-state index in [1.807, 2.05) is 22.4 Å². The van der Waals surface area contributed by atoms with Gasteiger partial charge in [-0.25, -0.2) is 4.98 Å². The summed E-state index contributed by atoms with van der Waals surface area (Å²) < 4.78 is 41.9. The maximum Gasteiger partial charge on any atom is 0.416 e. The van der Waals surface area contributed by atoms with E-state index in [0.717, 1.165) is 30.2 Å². The van der Waals surface area contributed by atoms with Gasteiger partial charge in [0.05, 0.1) is 30.4 Å². The molecule has 0 spiro atoms. The van der Waals surface area contributed by atoms with Gasteiger partial charge in [-0.15, -0.1) is 0 Å². The van der Waals surface area contributed by atoms with Crippen LogP contribution < -0.4 is 5.32 Å². The normalized spacial score (nSPS) is 17.1. The van der Waals surface area contributed by atoms with Crippen molar-refractivity contribution >= 4 is 17.5 Å². The Bertz CT molecular complexity index is 1180. The molecule has 1 atom stereocenters. The zero-order valence-electron chi connectivity index (χ0n) is 17.2. The van der Waals surface area contributed by atoms with Crippen molar-refractivity contribution in [2.45, 2.75) is 52.0 Å². The van der Waals surface area contributed by atoms with Crippen molar-refractivity contribution in [1.29, 1.82) is 0 Å². The molecular weight excluding hydrogens is 407 g/mol. The Hall–Kier alpha value is -3.10. The third-order valence-electron chi connectivity index (χ3n) is 6.19. The summed E-state index contributed by atoms with van der Waals surface area (Å²) in [4.78, 5) is 23.3. The minimum atomic E-state index is -4.41. The maximum atomic E-state index is 13.3. The Morgan fingerprint density at radius 3 is 2.74 bits per heavy atom. The van der Waals surface area contributed by atoms with Crippen molar-refractivity contribution in [2.75, 3.05) is 5.32 Å². The van der Waals surface area contributed by atoms with Gasteiger partial charge in [0.15, 0.2) is 0 Å². The molecule has 2 aliphatic rings. The number of alkyl halides is 3. The quantitative estimate of drug-likeness (QED) is 0.664. The molecule has 0 radical (unpaired) electrons. The molecule has 2 aromatic heterocycles. The highest BCUT2D eigenvalue weighted by Gasteiger charge is 2.38. The highest BCUT2D eigenvalue weighted by molar-refractivity contribution is 5.82. The number of amides is 1. The Morgan fingerprint density at radius 2 is 2.03 bits per heavy atom. The predicted molar refractivity (Wildman–Crippen MR) is 108 cm³/mol. The Balaban J connectivity index is 1.50. The molecule has 1 saturated carbocycles. The van der Waals surface area contributed by atoms with Crippen LogP contribution in [-0.4, -0.2) is 25.2 Å². The minimum Gasteiger partial charge on any atom is -0.363 e. The smallest absolute Gasteiger partial charge is 0.363 e. The molecule has 1 aliphatic carbocycles. The van der Waals surface area contributed by atoms with Gasteiger partial charge in [0, 0.05) is 23.9 Å². The average Bonchev–Trinajstić information content (AvgIpc) is 3.28. The highest BCUT2D eigenvalue weighted by atomic mass is 19.4. The van der Waals surface area contributed by atoms with Gasteiger partial charge in [-0.05, 0) is 43.9 Å². The van der Waals surface area contributed by atoms with Gasteiger partial charge in [0.2, 0.25) is 11.7 Å². The number of carbonyl (C=O) groups excluding carboxylic acids is 1. The first kappa shape index (κ1) is 19.8. The predicted octanol–water partition coefficient (Wildman–Crippen LogP) is 4.48. The number of hydrogen-bond donors (Lipinski definition) is 1. The summed E-state index contributed by atoms with van der Waals surface area (Å²) in [6.45, 7) is 4.21. The third kappa shape index (κ3) is 3.41. The van der Waals surface area contributed by atoms with Crippen LogP contribution in [0.4, 0.5) is 19.0 Å². The number of halogens is 3. The molecule has 1 fully saturated rings. The molecule has 162 valence electrons. The maximum absolute atomic E-state index is 13.3. The van der Waals surface area contributed by atoms with E-state index >= 15 is 0 Å². The van der Waals surface area contributed by atoms with Crippen LogP contribution in [0.2, 0.25) is 0 Å². The van der Waals surface area contributed by atoms with Gasteiger partial charge in [-0.2, -0.15) is 18.2 Å². The number of carbonyl (C=O) groups is 1.